The molecule has 1 amide bonds. The van der Waals surface area contributed by atoms with Gasteiger partial charge in [0.1, 0.15) is 0 Å². The number of carbonyl (C=O) groups is 1. The van der Waals surface area contributed by atoms with E-state index < -0.39 is 0 Å². The maximum Gasteiger partial charge on any atom is 0.275 e. The molecule has 6 heteroatoms. The largest absolute Gasteiger partial charge is 0.351 e. The van der Waals surface area contributed by atoms with Gasteiger partial charge >= 0.3 is 0 Å². The zero-order valence-electron chi connectivity index (χ0n) is 13.8. The molecule has 6 nitrogen and oxygen atoms in total. The van der Waals surface area contributed by atoms with Gasteiger partial charge in [-0.3, -0.25) is 4.79 Å². The SMILES string of the molecule is O=C(C[NH+]1CCN(c2ncccn2)CC1)NCCc1ccccc1. The lowest BCUT2D eigenvalue weighted by Crippen LogP contribution is -3.16. The van der Waals surface area contributed by atoms with Gasteiger partial charge in [-0.25, -0.2) is 9.97 Å². The number of nitrogens with zero attached hydrogens (tertiary/aromatic N) is 3. The van der Waals surface area contributed by atoms with Crippen molar-refractivity contribution in [1.82, 2.24) is 15.3 Å². The molecule has 0 bridgehead atoms. The van der Waals surface area contributed by atoms with Gasteiger partial charge in [-0.2, -0.15) is 0 Å². The molecule has 1 fully saturated rings. The van der Waals surface area contributed by atoms with Crippen LogP contribution in [0, 0.1) is 0 Å². The van der Waals surface area contributed by atoms with Gasteiger partial charge in [-0.1, -0.05) is 30.3 Å². The molecule has 1 aromatic heterocycles. The van der Waals surface area contributed by atoms with E-state index in [9.17, 15) is 4.79 Å². The number of carbonyl (C=O) groups excluding carboxylic acids is 1. The number of aromatic nitrogens is 2. The van der Waals surface area contributed by atoms with Crippen LogP contribution in [0.1, 0.15) is 5.56 Å². The van der Waals surface area contributed by atoms with E-state index in [1.54, 1.807) is 12.4 Å². The molecule has 0 radical (unpaired) electrons. The standard InChI is InChI=1S/C18H23N5O/c24-17(19-10-7-16-5-2-1-3-6-16)15-22-11-13-23(14-12-22)18-20-8-4-9-21-18/h1-6,8-9H,7,10-15H2,(H,19,24)/p+1. The van der Waals surface area contributed by atoms with Crippen molar-refractivity contribution in [3.63, 3.8) is 0 Å². The summed E-state index contributed by atoms with van der Waals surface area (Å²) in [6, 6.07) is 12.1. The van der Waals surface area contributed by atoms with Crippen LogP contribution < -0.4 is 15.1 Å². The number of piperazine rings is 1. The Morgan fingerprint density at radius 1 is 1.08 bits per heavy atom. The monoisotopic (exact) mass is 326 g/mol. The summed E-state index contributed by atoms with van der Waals surface area (Å²) in [5.74, 6) is 0.911. The molecule has 24 heavy (non-hydrogen) atoms. The summed E-state index contributed by atoms with van der Waals surface area (Å²) in [5.41, 5.74) is 1.25. The van der Waals surface area contributed by atoms with E-state index in [2.05, 4.69) is 32.3 Å². The molecule has 0 unspecified atom stereocenters. The van der Waals surface area contributed by atoms with Crippen molar-refractivity contribution in [2.24, 2.45) is 0 Å². The summed E-state index contributed by atoms with van der Waals surface area (Å²) in [4.78, 5) is 24.1. The number of rotatable bonds is 6. The summed E-state index contributed by atoms with van der Waals surface area (Å²) in [6.07, 6.45) is 4.41. The van der Waals surface area contributed by atoms with Crippen molar-refractivity contribution < 1.29 is 9.69 Å². The van der Waals surface area contributed by atoms with Crippen molar-refractivity contribution in [1.29, 1.82) is 0 Å². The van der Waals surface area contributed by atoms with Crippen LogP contribution in [0.2, 0.25) is 0 Å². The number of quaternary nitrogens is 1. The van der Waals surface area contributed by atoms with Gasteiger partial charge in [0.15, 0.2) is 6.54 Å². The Bertz CT molecular complexity index is 626. The number of hydrogen-bond acceptors (Lipinski definition) is 4. The minimum Gasteiger partial charge on any atom is -0.351 e. The van der Waals surface area contributed by atoms with Crippen molar-refractivity contribution >= 4 is 11.9 Å². The molecule has 0 aliphatic carbocycles. The Kier molecular flexibility index (Phi) is 5.74. The Morgan fingerprint density at radius 2 is 1.79 bits per heavy atom. The molecule has 0 spiro atoms. The minimum absolute atomic E-state index is 0.130. The maximum atomic E-state index is 12.1. The number of amides is 1. The second-order valence-corrected chi connectivity index (χ2v) is 6.05. The van der Waals surface area contributed by atoms with Crippen LogP contribution in [-0.2, 0) is 11.2 Å². The molecule has 2 N–H and O–H groups in total. The molecule has 2 heterocycles. The summed E-state index contributed by atoms with van der Waals surface area (Å²) < 4.78 is 0. The highest BCUT2D eigenvalue weighted by atomic mass is 16.2. The van der Waals surface area contributed by atoms with Crippen LogP contribution in [0.3, 0.4) is 0 Å². The lowest BCUT2D eigenvalue weighted by Gasteiger charge is -2.31. The van der Waals surface area contributed by atoms with Gasteiger partial charge in [0, 0.05) is 18.9 Å². The summed E-state index contributed by atoms with van der Waals surface area (Å²) in [7, 11) is 0. The summed E-state index contributed by atoms with van der Waals surface area (Å²) in [5, 5.41) is 3.02. The summed E-state index contributed by atoms with van der Waals surface area (Å²) >= 11 is 0. The first-order valence-corrected chi connectivity index (χ1v) is 8.47. The smallest absolute Gasteiger partial charge is 0.275 e. The average molecular weight is 326 g/mol. The molecule has 1 aliphatic heterocycles. The van der Waals surface area contributed by atoms with Crippen LogP contribution in [0.4, 0.5) is 5.95 Å². The molecule has 1 aliphatic rings. The fourth-order valence-corrected chi connectivity index (χ4v) is 2.93. The van der Waals surface area contributed by atoms with E-state index >= 15 is 0 Å². The van der Waals surface area contributed by atoms with E-state index in [0.717, 1.165) is 38.5 Å². The molecule has 126 valence electrons. The van der Waals surface area contributed by atoms with E-state index in [1.807, 2.05) is 24.3 Å². The van der Waals surface area contributed by atoms with Crippen molar-refractivity contribution in [3.05, 3.63) is 54.4 Å². The molecule has 2 aromatic rings. The fraction of sp³-hybridized carbons (Fsp3) is 0.389. The van der Waals surface area contributed by atoms with Gasteiger partial charge in [-0.05, 0) is 18.1 Å². The van der Waals surface area contributed by atoms with Crippen LogP contribution in [0.15, 0.2) is 48.8 Å². The minimum atomic E-state index is 0.130. The van der Waals surface area contributed by atoms with Crippen LogP contribution in [-0.4, -0.2) is 55.1 Å². The number of hydrogen-bond donors (Lipinski definition) is 2. The molecule has 1 aromatic carbocycles. The van der Waals surface area contributed by atoms with E-state index in [0.29, 0.717) is 13.1 Å². The summed E-state index contributed by atoms with van der Waals surface area (Å²) in [6.45, 7) is 4.88. The molecule has 0 saturated carbocycles. The van der Waals surface area contributed by atoms with Crippen LogP contribution in [0.25, 0.3) is 0 Å². The highest BCUT2D eigenvalue weighted by Gasteiger charge is 2.23. The predicted molar refractivity (Wildman–Crippen MR) is 93.0 cm³/mol. The predicted octanol–water partition coefficient (Wildman–Crippen LogP) is -0.460. The lowest BCUT2D eigenvalue weighted by atomic mass is 10.1. The quantitative estimate of drug-likeness (QED) is 0.754. The molecular formula is C18H24N5O+. The third-order valence-electron chi connectivity index (χ3n) is 4.29. The average Bonchev–Trinajstić information content (AvgIpc) is 2.64. The van der Waals surface area contributed by atoms with Gasteiger partial charge < -0.3 is 15.1 Å². The van der Waals surface area contributed by atoms with Gasteiger partial charge in [0.05, 0.1) is 26.2 Å². The highest BCUT2D eigenvalue weighted by molar-refractivity contribution is 5.76. The molecular weight excluding hydrogens is 302 g/mol. The van der Waals surface area contributed by atoms with E-state index in [-0.39, 0.29) is 5.91 Å². The number of nitrogens with one attached hydrogen (secondary N) is 2. The normalized spacial score (nSPS) is 15.2. The fourth-order valence-electron chi connectivity index (χ4n) is 2.93. The van der Waals surface area contributed by atoms with E-state index in [1.165, 1.54) is 10.5 Å². The third kappa shape index (κ3) is 4.76. The van der Waals surface area contributed by atoms with Gasteiger partial charge in [0.2, 0.25) is 5.95 Å². The lowest BCUT2D eigenvalue weighted by molar-refractivity contribution is -0.892. The maximum absolute atomic E-state index is 12.1. The zero-order valence-corrected chi connectivity index (χ0v) is 13.8. The van der Waals surface area contributed by atoms with Crippen molar-refractivity contribution in [2.75, 3.05) is 44.2 Å². The van der Waals surface area contributed by atoms with E-state index in [4.69, 9.17) is 0 Å². The molecule has 0 atom stereocenters. The van der Waals surface area contributed by atoms with Crippen molar-refractivity contribution in [2.45, 2.75) is 6.42 Å². The number of anilines is 1. The Morgan fingerprint density at radius 3 is 2.50 bits per heavy atom. The van der Waals surface area contributed by atoms with Crippen LogP contribution >= 0.6 is 0 Å². The van der Waals surface area contributed by atoms with Crippen LogP contribution in [0.5, 0.6) is 0 Å². The highest BCUT2D eigenvalue weighted by Crippen LogP contribution is 2.04. The second-order valence-electron chi connectivity index (χ2n) is 6.05. The first-order valence-electron chi connectivity index (χ1n) is 8.47. The second kappa shape index (κ2) is 8.40. The Hall–Kier alpha value is -2.47. The van der Waals surface area contributed by atoms with Gasteiger partial charge in [-0.15, -0.1) is 0 Å². The molecule has 3 rings (SSSR count). The third-order valence-corrected chi connectivity index (χ3v) is 4.29. The number of benzene rings is 1. The zero-order chi connectivity index (χ0) is 16.6. The van der Waals surface area contributed by atoms with Gasteiger partial charge in [0.25, 0.3) is 5.91 Å². The first-order chi connectivity index (χ1) is 11.8. The topological polar surface area (TPSA) is 62.6 Å². The first kappa shape index (κ1) is 16.4. The Balaban J connectivity index is 1.36. The Labute approximate surface area is 142 Å². The van der Waals surface area contributed by atoms with Crippen molar-refractivity contribution in [3.8, 4) is 0 Å². The molecule has 1 saturated heterocycles.